The summed E-state index contributed by atoms with van der Waals surface area (Å²) in [6.45, 7) is 2.22. The lowest BCUT2D eigenvalue weighted by Gasteiger charge is -2.21. The highest BCUT2D eigenvalue weighted by Crippen LogP contribution is 2.47. The van der Waals surface area contributed by atoms with E-state index in [1.165, 1.54) is 18.2 Å². The number of phenols is 1. The predicted molar refractivity (Wildman–Crippen MR) is 144 cm³/mol. The SMILES string of the molecule is Cn1cc(-c2cc3c(-c4ccc(N5CC6C(C5)C6NCc5cc(F)ccc5O)nc4)c(C#N)cnc3[nH]2)cn1. The number of aromatic nitrogens is 5. The van der Waals surface area contributed by atoms with Crippen LogP contribution in [0.4, 0.5) is 10.2 Å². The van der Waals surface area contributed by atoms with Crippen molar-refractivity contribution >= 4 is 16.9 Å². The van der Waals surface area contributed by atoms with Crippen molar-refractivity contribution in [3.8, 4) is 34.2 Å². The van der Waals surface area contributed by atoms with Crippen molar-refractivity contribution in [3.63, 3.8) is 0 Å². The molecule has 0 amide bonds. The Labute approximate surface area is 223 Å². The molecule has 39 heavy (non-hydrogen) atoms. The number of hydrogen-bond acceptors (Lipinski definition) is 7. The molecule has 0 bridgehead atoms. The number of aromatic hydroxyl groups is 1. The minimum atomic E-state index is -0.346. The highest BCUT2D eigenvalue weighted by Gasteiger charge is 2.55. The van der Waals surface area contributed by atoms with Crippen LogP contribution in [0, 0.1) is 29.0 Å². The normalized spacial score (nSPS) is 19.8. The molecule has 1 saturated heterocycles. The Bertz CT molecular complexity index is 1740. The summed E-state index contributed by atoms with van der Waals surface area (Å²) in [7, 11) is 1.87. The van der Waals surface area contributed by atoms with Crippen LogP contribution in [-0.4, -0.2) is 49.0 Å². The number of rotatable bonds is 6. The molecule has 10 heteroatoms. The first kappa shape index (κ1) is 23.4. The van der Waals surface area contributed by atoms with Gasteiger partial charge in [0.1, 0.15) is 29.1 Å². The monoisotopic (exact) mass is 520 g/mol. The van der Waals surface area contributed by atoms with Crippen LogP contribution in [0.2, 0.25) is 0 Å². The van der Waals surface area contributed by atoms with E-state index in [0.29, 0.717) is 41.2 Å². The van der Waals surface area contributed by atoms with Gasteiger partial charge in [-0.1, -0.05) is 0 Å². The third-order valence-corrected chi connectivity index (χ3v) is 7.92. The van der Waals surface area contributed by atoms with Crippen LogP contribution in [0.3, 0.4) is 0 Å². The molecule has 0 radical (unpaired) electrons. The Hall–Kier alpha value is -4.75. The largest absolute Gasteiger partial charge is 0.508 e. The number of nitrogens with one attached hydrogen (secondary N) is 2. The van der Waals surface area contributed by atoms with Crippen molar-refractivity contribution < 1.29 is 9.50 Å². The number of piperidine rings is 1. The van der Waals surface area contributed by atoms with E-state index in [9.17, 15) is 14.8 Å². The lowest BCUT2D eigenvalue weighted by molar-refractivity contribution is 0.459. The Morgan fingerprint density at radius 1 is 1.10 bits per heavy atom. The first-order valence-electron chi connectivity index (χ1n) is 12.8. The molecule has 2 fully saturated rings. The fourth-order valence-corrected chi connectivity index (χ4v) is 5.85. The highest BCUT2D eigenvalue weighted by atomic mass is 19.1. The maximum absolute atomic E-state index is 13.5. The Morgan fingerprint density at radius 2 is 1.95 bits per heavy atom. The zero-order chi connectivity index (χ0) is 26.7. The number of aryl methyl sites for hydroxylation is 1. The molecular formula is C29H25FN8O. The number of aromatic amines is 1. The van der Waals surface area contributed by atoms with Crippen molar-refractivity contribution in [2.24, 2.45) is 18.9 Å². The molecule has 1 saturated carbocycles. The predicted octanol–water partition coefficient (Wildman–Crippen LogP) is 3.97. The highest BCUT2D eigenvalue weighted by molar-refractivity contribution is 5.98. The lowest BCUT2D eigenvalue weighted by Crippen LogP contribution is -2.31. The van der Waals surface area contributed by atoms with Gasteiger partial charge in [-0.15, -0.1) is 0 Å². The maximum atomic E-state index is 13.5. The Morgan fingerprint density at radius 3 is 2.67 bits per heavy atom. The van der Waals surface area contributed by atoms with E-state index in [2.05, 4.69) is 31.4 Å². The minimum Gasteiger partial charge on any atom is -0.508 e. The summed E-state index contributed by atoms with van der Waals surface area (Å²) in [6.07, 6.45) is 7.14. The smallest absolute Gasteiger partial charge is 0.138 e. The standard InChI is InChI=1S/C29H25FN8O/c1-37-13-19(12-35-37)24-7-21-27(18(8-31)11-34-29(21)36-24)16-2-5-26(32-9-16)38-14-22-23(15-38)28(22)33-10-17-6-20(30)3-4-25(17)39/h2-7,9,11-13,22-23,28,33,39H,10,14-15H2,1H3,(H,34,36). The Kier molecular flexibility index (Phi) is 5.35. The molecule has 2 aliphatic rings. The van der Waals surface area contributed by atoms with Crippen LogP contribution < -0.4 is 10.2 Å². The maximum Gasteiger partial charge on any atom is 0.138 e. The molecule has 1 aliphatic carbocycles. The molecule has 5 heterocycles. The van der Waals surface area contributed by atoms with Gasteiger partial charge in [-0.2, -0.15) is 10.4 Å². The number of fused-ring (bicyclic) bond motifs is 2. The second-order valence-corrected chi connectivity index (χ2v) is 10.3. The van der Waals surface area contributed by atoms with Gasteiger partial charge in [0, 0.05) is 79.0 Å². The summed E-state index contributed by atoms with van der Waals surface area (Å²) < 4.78 is 15.3. The van der Waals surface area contributed by atoms with Gasteiger partial charge < -0.3 is 20.3 Å². The average molecular weight is 521 g/mol. The number of anilines is 1. The molecule has 194 valence electrons. The van der Waals surface area contributed by atoms with E-state index in [-0.39, 0.29) is 11.6 Å². The first-order valence-corrected chi connectivity index (χ1v) is 12.8. The molecule has 9 nitrogen and oxygen atoms in total. The number of halogens is 1. The van der Waals surface area contributed by atoms with Gasteiger partial charge >= 0.3 is 0 Å². The zero-order valence-corrected chi connectivity index (χ0v) is 21.1. The Balaban J connectivity index is 1.07. The molecule has 1 aliphatic heterocycles. The van der Waals surface area contributed by atoms with E-state index in [0.717, 1.165) is 46.7 Å². The van der Waals surface area contributed by atoms with Crippen molar-refractivity contribution in [2.75, 3.05) is 18.0 Å². The van der Waals surface area contributed by atoms with Crippen molar-refractivity contribution in [1.82, 2.24) is 30.0 Å². The molecular weight excluding hydrogens is 495 g/mol. The van der Waals surface area contributed by atoms with E-state index in [1.807, 2.05) is 37.6 Å². The lowest BCUT2D eigenvalue weighted by atomic mass is 10.00. The van der Waals surface area contributed by atoms with Gasteiger partial charge in [-0.3, -0.25) is 4.68 Å². The first-order chi connectivity index (χ1) is 19.0. The van der Waals surface area contributed by atoms with Crippen molar-refractivity contribution in [2.45, 2.75) is 12.6 Å². The van der Waals surface area contributed by atoms with Crippen LogP contribution >= 0.6 is 0 Å². The third kappa shape index (κ3) is 4.08. The van der Waals surface area contributed by atoms with Crippen LogP contribution in [-0.2, 0) is 13.6 Å². The number of pyridine rings is 2. The summed E-state index contributed by atoms with van der Waals surface area (Å²) in [6, 6.07) is 12.7. The van der Waals surface area contributed by atoms with Crippen LogP contribution in [0.5, 0.6) is 5.75 Å². The number of nitrogens with zero attached hydrogens (tertiary/aromatic N) is 6. The van der Waals surface area contributed by atoms with Crippen LogP contribution in [0.15, 0.2) is 61.2 Å². The molecule has 0 spiro atoms. The number of H-pyrrole nitrogens is 1. The number of benzene rings is 1. The molecule has 2 unspecified atom stereocenters. The van der Waals surface area contributed by atoms with Gasteiger partial charge in [0.2, 0.25) is 0 Å². The van der Waals surface area contributed by atoms with Gasteiger partial charge in [-0.25, -0.2) is 14.4 Å². The van der Waals surface area contributed by atoms with E-state index in [4.69, 9.17) is 4.98 Å². The van der Waals surface area contributed by atoms with Crippen molar-refractivity contribution in [3.05, 3.63) is 78.1 Å². The van der Waals surface area contributed by atoms with E-state index < -0.39 is 0 Å². The average Bonchev–Trinajstić information content (AvgIpc) is 3.38. The number of hydrogen-bond donors (Lipinski definition) is 3. The molecule has 4 aromatic heterocycles. The van der Waals surface area contributed by atoms with Crippen molar-refractivity contribution in [1.29, 1.82) is 5.26 Å². The topological polar surface area (TPSA) is 119 Å². The van der Waals surface area contributed by atoms with Gasteiger partial charge in [-0.05, 0) is 48.2 Å². The van der Waals surface area contributed by atoms with Crippen LogP contribution in [0.1, 0.15) is 11.1 Å². The minimum absolute atomic E-state index is 0.111. The molecule has 3 N–H and O–H groups in total. The summed E-state index contributed by atoms with van der Waals surface area (Å²) in [5.74, 6) is 1.66. The number of nitriles is 1. The molecule has 2 atom stereocenters. The summed E-state index contributed by atoms with van der Waals surface area (Å²) in [4.78, 5) is 14.8. The summed E-state index contributed by atoms with van der Waals surface area (Å²) >= 11 is 0. The fourth-order valence-electron chi connectivity index (χ4n) is 5.85. The summed E-state index contributed by atoms with van der Waals surface area (Å²) in [5.41, 5.74) is 5.28. The fraction of sp³-hybridized carbons (Fsp3) is 0.241. The quantitative estimate of drug-likeness (QED) is 0.310. The van der Waals surface area contributed by atoms with E-state index >= 15 is 0 Å². The van der Waals surface area contributed by atoms with Gasteiger partial charge in [0.15, 0.2) is 0 Å². The summed E-state index contributed by atoms with van der Waals surface area (Å²) in [5, 5.41) is 28.4. The van der Waals surface area contributed by atoms with Gasteiger partial charge in [0.25, 0.3) is 0 Å². The second kappa shape index (κ2) is 8.92. The molecule has 7 rings (SSSR count). The molecule has 1 aromatic carbocycles. The van der Waals surface area contributed by atoms with E-state index in [1.54, 1.807) is 17.1 Å². The number of phenolic OH excluding ortho intramolecular Hbond substituents is 1. The third-order valence-electron chi connectivity index (χ3n) is 7.92. The zero-order valence-electron chi connectivity index (χ0n) is 21.1. The van der Waals surface area contributed by atoms with Crippen LogP contribution in [0.25, 0.3) is 33.4 Å². The van der Waals surface area contributed by atoms with Gasteiger partial charge in [0.05, 0.1) is 17.5 Å². The molecule has 5 aromatic rings. The second-order valence-electron chi connectivity index (χ2n) is 10.3.